The number of oxime groups is 1. The number of hydrogen-bond donors (Lipinski definition) is 0. The largest absolute Gasteiger partial charge is 0.395 e. The lowest BCUT2D eigenvalue weighted by molar-refractivity contribution is 0.173. The average molecular weight is 346 g/mol. The first-order chi connectivity index (χ1) is 11.9. The third kappa shape index (κ3) is 8.47. The Hall–Kier alpha value is -2.18. The summed E-state index contributed by atoms with van der Waals surface area (Å²) < 4.78 is 0. The van der Waals surface area contributed by atoms with Crippen LogP contribution in [0.3, 0.4) is 0 Å². The van der Waals surface area contributed by atoms with Crippen LogP contribution in [-0.2, 0) is 4.84 Å². The van der Waals surface area contributed by atoms with Crippen LogP contribution in [0, 0.1) is 11.8 Å². The van der Waals surface area contributed by atoms with Gasteiger partial charge in [-0.2, -0.15) is 15.3 Å². The summed E-state index contributed by atoms with van der Waals surface area (Å²) in [5.41, 5.74) is 2.40. The normalized spacial score (nSPS) is 15.2. The zero-order chi connectivity index (χ0) is 18.7. The lowest BCUT2D eigenvalue weighted by atomic mass is 10.1. The van der Waals surface area contributed by atoms with Crippen molar-refractivity contribution in [2.75, 3.05) is 6.61 Å². The van der Waals surface area contributed by atoms with Gasteiger partial charge in [-0.25, -0.2) is 4.98 Å². The first kappa shape index (κ1) is 20.9. The Morgan fingerprint density at radius 3 is 1.92 bits per heavy atom. The van der Waals surface area contributed by atoms with Crippen LogP contribution >= 0.6 is 0 Å². The summed E-state index contributed by atoms with van der Waals surface area (Å²) in [4.78, 5) is 8.81. The first-order valence-corrected chi connectivity index (χ1v) is 8.82. The Labute approximate surface area is 150 Å². The molecule has 0 saturated carbocycles. The van der Waals surface area contributed by atoms with E-state index < -0.39 is 0 Å². The average Bonchev–Trinajstić information content (AvgIpc) is 3.30. The van der Waals surface area contributed by atoms with Gasteiger partial charge in [0.05, 0.1) is 11.9 Å². The summed E-state index contributed by atoms with van der Waals surface area (Å²) in [7, 11) is 0. The van der Waals surface area contributed by atoms with Gasteiger partial charge >= 0.3 is 0 Å². The molecule has 3 heterocycles. The van der Waals surface area contributed by atoms with Gasteiger partial charge in [0.1, 0.15) is 6.61 Å². The van der Waals surface area contributed by atoms with Crippen LogP contribution in [0.25, 0.3) is 0 Å². The van der Waals surface area contributed by atoms with Crippen molar-refractivity contribution in [3.8, 4) is 0 Å². The van der Waals surface area contributed by atoms with Crippen LogP contribution < -0.4 is 0 Å². The molecule has 3 rings (SSSR count). The maximum atomic E-state index is 4.81. The van der Waals surface area contributed by atoms with Crippen molar-refractivity contribution < 1.29 is 4.84 Å². The number of nitrogens with zero attached hydrogens (tertiary/aromatic N) is 6. The molecule has 7 heteroatoms. The maximum Gasteiger partial charge on any atom is 0.153 e. The lowest BCUT2D eigenvalue weighted by Gasteiger charge is -1.98. The molecule has 138 valence electrons. The van der Waals surface area contributed by atoms with Gasteiger partial charge < -0.3 is 4.84 Å². The Kier molecular flexibility index (Phi) is 9.50. The zero-order valence-electron chi connectivity index (χ0n) is 16.2. The monoisotopic (exact) mass is 346 g/mol. The molecule has 0 fully saturated rings. The zero-order valence-corrected chi connectivity index (χ0v) is 16.2. The van der Waals surface area contributed by atoms with Gasteiger partial charge in [-0.3, -0.25) is 0 Å². The van der Waals surface area contributed by atoms with E-state index >= 15 is 0 Å². The van der Waals surface area contributed by atoms with Gasteiger partial charge in [-0.1, -0.05) is 46.7 Å². The summed E-state index contributed by atoms with van der Waals surface area (Å²) >= 11 is 0. The van der Waals surface area contributed by atoms with Gasteiger partial charge in [0.2, 0.25) is 0 Å². The third-order valence-corrected chi connectivity index (χ3v) is 3.55. The number of rotatable bonds is 3. The molecule has 0 bridgehead atoms. The summed E-state index contributed by atoms with van der Waals surface area (Å²) in [6.45, 7) is 13.4. The van der Waals surface area contributed by atoms with Gasteiger partial charge in [-0.15, -0.1) is 5.10 Å². The van der Waals surface area contributed by atoms with E-state index in [1.165, 1.54) is 11.4 Å². The smallest absolute Gasteiger partial charge is 0.153 e. The van der Waals surface area contributed by atoms with Crippen molar-refractivity contribution in [3.63, 3.8) is 0 Å². The second-order valence-corrected chi connectivity index (χ2v) is 6.72. The van der Waals surface area contributed by atoms with Crippen molar-refractivity contribution in [2.45, 2.75) is 60.3 Å². The van der Waals surface area contributed by atoms with E-state index in [1.807, 2.05) is 20.1 Å². The molecule has 2 aliphatic heterocycles. The molecule has 0 radical (unpaired) electrons. The molecule has 25 heavy (non-hydrogen) atoms. The van der Waals surface area contributed by atoms with Gasteiger partial charge in [0.15, 0.2) is 5.82 Å². The molecule has 0 unspecified atom stereocenters. The minimum Gasteiger partial charge on any atom is -0.395 e. The van der Waals surface area contributed by atoms with Gasteiger partial charge in [0, 0.05) is 36.9 Å². The molecular formula is C18H30N6O. The van der Waals surface area contributed by atoms with E-state index in [2.05, 4.69) is 58.2 Å². The fourth-order valence-electron chi connectivity index (χ4n) is 1.88. The maximum absolute atomic E-state index is 4.81. The second kappa shape index (κ2) is 11.4. The van der Waals surface area contributed by atoms with Crippen LogP contribution in [0.1, 0.15) is 66.1 Å². The van der Waals surface area contributed by atoms with E-state index in [-0.39, 0.29) is 0 Å². The Balaban J connectivity index is 0.000000188. The number of aromatic nitrogens is 3. The third-order valence-electron chi connectivity index (χ3n) is 3.55. The second-order valence-electron chi connectivity index (χ2n) is 6.72. The molecule has 0 spiro atoms. The topological polar surface area (TPSA) is 85.0 Å². The van der Waals surface area contributed by atoms with Crippen molar-refractivity contribution in [3.05, 3.63) is 18.2 Å². The molecular weight excluding hydrogens is 316 g/mol. The molecule has 0 saturated heterocycles. The highest BCUT2D eigenvalue weighted by Gasteiger charge is 2.10. The van der Waals surface area contributed by atoms with Gasteiger partial charge in [0.25, 0.3) is 0 Å². The fraction of sp³-hybridized carbons (Fsp3) is 0.667. The first-order valence-electron chi connectivity index (χ1n) is 8.82. The standard InChI is InChI=1S/C6H9N3.C6H10N2.C6H11NO/c1-5(2)6-7-3-4-8-9-6;1-5(2)6-3-4-7-8-6;1-5(2)6-3-4-8-7-6/h3-5H,1-2H3;4-5H,3H2,1-2H3;5H,3-4H2,1-2H3. The highest BCUT2D eigenvalue weighted by atomic mass is 16.6. The molecule has 0 atom stereocenters. The lowest BCUT2D eigenvalue weighted by Crippen LogP contribution is -2.03. The summed E-state index contributed by atoms with van der Waals surface area (Å²) in [6, 6.07) is 0. The SMILES string of the molecule is CC(C)C1=NN=CC1.CC(C)C1=NOCC1.CC(C)c1nccnn1. The Bertz CT molecular complexity index is 572. The summed E-state index contributed by atoms with van der Waals surface area (Å²) in [6.07, 6.45) is 7.05. The highest BCUT2D eigenvalue weighted by molar-refractivity contribution is 5.99. The van der Waals surface area contributed by atoms with Crippen LogP contribution in [0.2, 0.25) is 0 Å². The number of hydrogen-bond acceptors (Lipinski definition) is 7. The van der Waals surface area contributed by atoms with E-state index in [9.17, 15) is 0 Å². The summed E-state index contributed by atoms with van der Waals surface area (Å²) in [5.74, 6) is 2.31. The molecule has 0 amide bonds. The van der Waals surface area contributed by atoms with E-state index in [1.54, 1.807) is 12.4 Å². The van der Waals surface area contributed by atoms with Crippen molar-refractivity contribution in [1.29, 1.82) is 0 Å². The minimum atomic E-state index is 0.374. The summed E-state index contributed by atoms with van der Waals surface area (Å²) in [5, 5.41) is 19.0. The Morgan fingerprint density at radius 2 is 1.64 bits per heavy atom. The van der Waals surface area contributed by atoms with Crippen LogP contribution in [0.5, 0.6) is 0 Å². The van der Waals surface area contributed by atoms with Crippen LogP contribution in [-0.4, -0.2) is 39.4 Å². The van der Waals surface area contributed by atoms with Crippen molar-refractivity contribution >= 4 is 17.6 Å². The highest BCUT2D eigenvalue weighted by Crippen LogP contribution is 2.08. The molecule has 2 aliphatic rings. The minimum absolute atomic E-state index is 0.374. The quantitative estimate of drug-likeness (QED) is 0.831. The van der Waals surface area contributed by atoms with Crippen LogP contribution in [0.4, 0.5) is 0 Å². The predicted octanol–water partition coefficient (Wildman–Crippen LogP) is 3.89. The Morgan fingerprint density at radius 1 is 0.920 bits per heavy atom. The van der Waals surface area contributed by atoms with Gasteiger partial charge in [-0.05, 0) is 11.8 Å². The van der Waals surface area contributed by atoms with Crippen molar-refractivity contribution in [1.82, 2.24) is 15.2 Å². The fourth-order valence-corrected chi connectivity index (χ4v) is 1.88. The molecule has 0 aliphatic carbocycles. The van der Waals surface area contributed by atoms with E-state index in [4.69, 9.17) is 4.84 Å². The van der Waals surface area contributed by atoms with Crippen LogP contribution in [0.15, 0.2) is 27.8 Å². The molecule has 0 aromatic carbocycles. The molecule has 1 aromatic rings. The molecule has 7 nitrogen and oxygen atoms in total. The molecule has 0 N–H and O–H groups in total. The van der Waals surface area contributed by atoms with E-state index in [0.717, 1.165) is 25.3 Å². The predicted molar refractivity (Wildman–Crippen MR) is 102 cm³/mol. The molecule has 1 aromatic heterocycles. The van der Waals surface area contributed by atoms with E-state index in [0.29, 0.717) is 17.8 Å². The van der Waals surface area contributed by atoms with Crippen molar-refractivity contribution in [2.24, 2.45) is 27.2 Å².